The second-order valence-corrected chi connectivity index (χ2v) is 6.66. The van der Waals surface area contributed by atoms with Crippen molar-refractivity contribution < 1.29 is 4.79 Å². The van der Waals surface area contributed by atoms with Gasteiger partial charge < -0.3 is 10.2 Å². The lowest BCUT2D eigenvalue weighted by Gasteiger charge is -2.34. The van der Waals surface area contributed by atoms with E-state index >= 15 is 0 Å². The van der Waals surface area contributed by atoms with Gasteiger partial charge in [-0.2, -0.15) is 0 Å². The fourth-order valence-electron chi connectivity index (χ4n) is 3.23. The minimum atomic E-state index is 0.0123. The molecule has 2 aromatic rings. The van der Waals surface area contributed by atoms with Crippen LogP contribution in [0.5, 0.6) is 0 Å². The predicted molar refractivity (Wildman–Crippen MR) is 103 cm³/mol. The molecule has 1 aliphatic rings. The van der Waals surface area contributed by atoms with Gasteiger partial charge in [0.05, 0.1) is 0 Å². The van der Waals surface area contributed by atoms with Crippen molar-refractivity contribution in [2.45, 2.75) is 19.8 Å². The van der Waals surface area contributed by atoms with Crippen LogP contribution in [0.3, 0.4) is 0 Å². The summed E-state index contributed by atoms with van der Waals surface area (Å²) in [7, 11) is 0. The maximum atomic E-state index is 12.4. The van der Waals surface area contributed by atoms with Gasteiger partial charge in [0.1, 0.15) is 0 Å². The number of carbonyl (C=O) groups excluding carboxylic acids is 1. The lowest BCUT2D eigenvalue weighted by Crippen LogP contribution is -2.50. The Kier molecular flexibility index (Phi) is 6.07. The number of amides is 2. The van der Waals surface area contributed by atoms with Gasteiger partial charge in [-0.3, -0.25) is 4.90 Å². The molecule has 0 bridgehead atoms. The van der Waals surface area contributed by atoms with Gasteiger partial charge in [0.25, 0.3) is 0 Å². The van der Waals surface area contributed by atoms with Crippen LogP contribution in [0.25, 0.3) is 0 Å². The second kappa shape index (κ2) is 8.67. The molecule has 2 amide bonds. The minimum absolute atomic E-state index is 0.0123. The maximum absolute atomic E-state index is 12.4. The van der Waals surface area contributed by atoms with Crippen molar-refractivity contribution in [3.8, 4) is 0 Å². The molecule has 1 N–H and O–H groups in total. The summed E-state index contributed by atoms with van der Waals surface area (Å²) in [5.74, 6) is 0. The van der Waals surface area contributed by atoms with E-state index in [9.17, 15) is 4.79 Å². The summed E-state index contributed by atoms with van der Waals surface area (Å²) in [6.45, 7) is 6.61. The van der Waals surface area contributed by atoms with E-state index in [0.717, 1.165) is 50.4 Å². The molecule has 3 rings (SSSR count). The predicted octanol–water partition coefficient (Wildman–Crippen LogP) is 3.78. The number of nitrogens with one attached hydrogen (secondary N) is 1. The molecule has 2 aromatic carbocycles. The lowest BCUT2D eigenvalue weighted by atomic mass is 10.1. The van der Waals surface area contributed by atoms with Gasteiger partial charge in [-0.25, -0.2) is 4.79 Å². The number of para-hydroxylation sites is 1. The van der Waals surface area contributed by atoms with Gasteiger partial charge in [0.2, 0.25) is 0 Å². The van der Waals surface area contributed by atoms with Crippen LogP contribution < -0.4 is 5.32 Å². The van der Waals surface area contributed by atoms with Crippen LogP contribution in [0.2, 0.25) is 0 Å². The largest absolute Gasteiger partial charge is 0.322 e. The average Bonchev–Trinajstić information content (AvgIpc) is 2.65. The zero-order valence-electron chi connectivity index (χ0n) is 14.9. The molecule has 1 heterocycles. The first-order valence-electron chi connectivity index (χ1n) is 9.10. The quantitative estimate of drug-likeness (QED) is 0.901. The summed E-state index contributed by atoms with van der Waals surface area (Å²) < 4.78 is 0. The van der Waals surface area contributed by atoms with Gasteiger partial charge >= 0.3 is 6.03 Å². The highest BCUT2D eigenvalue weighted by molar-refractivity contribution is 5.90. The maximum Gasteiger partial charge on any atom is 0.321 e. The van der Waals surface area contributed by atoms with Gasteiger partial charge in [0.15, 0.2) is 0 Å². The number of hydrogen-bond acceptors (Lipinski definition) is 2. The van der Waals surface area contributed by atoms with Crippen molar-refractivity contribution in [2.24, 2.45) is 0 Å². The molecule has 1 aliphatic heterocycles. The number of rotatable bonds is 5. The molecule has 0 saturated carbocycles. The molecule has 132 valence electrons. The molecule has 4 nitrogen and oxygen atoms in total. The molecule has 1 fully saturated rings. The second-order valence-electron chi connectivity index (χ2n) is 6.66. The third kappa shape index (κ3) is 5.07. The standard InChI is InChI=1S/C21H27N3O/c1-18-8-5-6-12-20(18)22-21(25)24-16-14-23(15-17-24)13-7-11-19-9-3-2-4-10-19/h2-6,8-10,12H,7,11,13-17H2,1H3,(H,22,25). The summed E-state index contributed by atoms with van der Waals surface area (Å²) >= 11 is 0. The lowest BCUT2D eigenvalue weighted by molar-refractivity contribution is 0.146. The Morgan fingerprint density at radius 1 is 0.960 bits per heavy atom. The number of nitrogens with zero attached hydrogens (tertiary/aromatic N) is 2. The Hall–Kier alpha value is -2.33. The van der Waals surface area contributed by atoms with Crippen LogP contribution in [0.4, 0.5) is 10.5 Å². The molecule has 4 heteroatoms. The van der Waals surface area contributed by atoms with E-state index < -0.39 is 0 Å². The van der Waals surface area contributed by atoms with Crippen LogP contribution in [-0.4, -0.2) is 48.6 Å². The van der Waals surface area contributed by atoms with Crippen molar-refractivity contribution in [2.75, 3.05) is 38.0 Å². The Morgan fingerprint density at radius 2 is 1.64 bits per heavy atom. The number of carbonyl (C=O) groups is 1. The monoisotopic (exact) mass is 337 g/mol. The normalized spacial score (nSPS) is 15.2. The first-order chi connectivity index (χ1) is 12.2. The van der Waals surface area contributed by atoms with E-state index in [1.807, 2.05) is 36.1 Å². The van der Waals surface area contributed by atoms with E-state index in [0.29, 0.717) is 0 Å². The van der Waals surface area contributed by atoms with Gasteiger partial charge in [-0.1, -0.05) is 48.5 Å². The number of hydrogen-bond donors (Lipinski definition) is 1. The van der Waals surface area contributed by atoms with Crippen molar-refractivity contribution in [3.63, 3.8) is 0 Å². The highest BCUT2D eigenvalue weighted by Gasteiger charge is 2.21. The molecular formula is C21H27N3O. The third-order valence-corrected chi connectivity index (χ3v) is 4.83. The highest BCUT2D eigenvalue weighted by Crippen LogP contribution is 2.14. The van der Waals surface area contributed by atoms with Crippen LogP contribution in [0.15, 0.2) is 54.6 Å². The Morgan fingerprint density at radius 3 is 2.36 bits per heavy atom. The highest BCUT2D eigenvalue weighted by atomic mass is 16.2. The third-order valence-electron chi connectivity index (χ3n) is 4.83. The summed E-state index contributed by atoms with van der Waals surface area (Å²) in [4.78, 5) is 16.8. The van der Waals surface area contributed by atoms with E-state index in [1.54, 1.807) is 0 Å². The topological polar surface area (TPSA) is 35.6 Å². The molecular weight excluding hydrogens is 310 g/mol. The van der Waals surface area contributed by atoms with E-state index in [-0.39, 0.29) is 6.03 Å². The van der Waals surface area contributed by atoms with Crippen LogP contribution in [0, 0.1) is 6.92 Å². The first-order valence-corrected chi connectivity index (χ1v) is 9.10. The molecule has 0 atom stereocenters. The Labute approximate surface area is 150 Å². The number of urea groups is 1. The zero-order valence-corrected chi connectivity index (χ0v) is 14.9. The van der Waals surface area contributed by atoms with Gasteiger partial charge in [0, 0.05) is 31.9 Å². The molecule has 0 radical (unpaired) electrons. The molecule has 25 heavy (non-hydrogen) atoms. The molecule has 1 saturated heterocycles. The summed E-state index contributed by atoms with van der Waals surface area (Å²) in [6, 6.07) is 18.5. The minimum Gasteiger partial charge on any atom is -0.322 e. The molecule has 0 unspecified atom stereocenters. The summed E-state index contributed by atoms with van der Waals surface area (Å²) in [5.41, 5.74) is 3.40. The fourth-order valence-corrected chi connectivity index (χ4v) is 3.23. The summed E-state index contributed by atoms with van der Waals surface area (Å²) in [6.07, 6.45) is 2.29. The average molecular weight is 337 g/mol. The molecule has 0 aromatic heterocycles. The van der Waals surface area contributed by atoms with Crippen LogP contribution in [0.1, 0.15) is 17.5 Å². The molecule has 0 aliphatic carbocycles. The van der Waals surface area contributed by atoms with E-state index in [1.165, 1.54) is 12.0 Å². The summed E-state index contributed by atoms with van der Waals surface area (Å²) in [5, 5.41) is 3.03. The van der Waals surface area contributed by atoms with Crippen LogP contribution in [-0.2, 0) is 6.42 Å². The Bertz CT molecular complexity index is 679. The van der Waals surface area contributed by atoms with Crippen molar-refractivity contribution in [3.05, 3.63) is 65.7 Å². The number of anilines is 1. The van der Waals surface area contributed by atoms with Crippen molar-refractivity contribution >= 4 is 11.7 Å². The first kappa shape index (κ1) is 17.5. The number of aryl methyl sites for hydroxylation is 2. The van der Waals surface area contributed by atoms with Gasteiger partial charge in [-0.05, 0) is 43.5 Å². The van der Waals surface area contributed by atoms with Crippen LogP contribution >= 0.6 is 0 Å². The van der Waals surface area contributed by atoms with Crippen molar-refractivity contribution in [1.29, 1.82) is 0 Å². The van der Waals surface area contributed by atoms with Crippen molar-refractivity contribution in [1.82, 2.24) is 9.80 Å². The SMILES string of the molecule is Cc1ccccc1NC(=O)N1CCN(CCCc2ccccc2)CC1. The van der Waals surface area contributed by atoms with E-state index in [4.69, 9.17) is 0 Å². The molecule has 0 spiro atoms. The number of piperazine rings is 1. The zero-order chi connectivity index (χ0) is 17.5. The Balaban J connectivity index is 1.39. The fraction of sp³-hybridized carbons (Fsp3) is 0.381. The number of benzene rings is 2. The van der Waals surface area contributed by atoms with Gasteiger partial charge in [-0.15, -0.1) is 0 Å². The smallest absolute Gasteiger partial charge is 0.321 e. The van der Waals surface area contributed by atoms with E-state index in [2.05, 4.69) is 40.5 Å².